The molecule has 1 aromatic carbocycles. The van der Waals surface area contributed by atoms with Crippen LogP contribution in [0.5, 0.6) is 0 Å². The lowest BCUT2D eigenvalue weighted by atomic mass is 10.1. The number of carbonyl (C=O) groups is 1. The minimum Gasteiger partial charge on any atom is -0.382 e. The third kappa shape index (κ3) is 5.62. The summed E-state index contributed by atoms with van der Waals surface area (Å²) in [6.07, 6.45) is 0. The number of ether oxygens (including phenoxy) is 2. The Morgan fingerprint density at radius 3 is 2.89 bits per heavy atom. The molecule has 18 heavy (non-hydrogen) atoms. The zero-order valence-electron chi connectivity index (χ0n) is 10.6. The molecule has 0 saturated heterocycles. The van der Waals surface area contributed by atoms with E-state index in [1.54, 1.807) is 7.11 Å². The monoisotopic (exact) mass is 315 g/mol. The van der Waals surface area contributed by atoms with Crippen molar-refractivity contribution in [1.29, 1.82) is 0 Å². The molecule has 0 heterocycles. The van der Waals surface area contributed by atoms with Crippen LogP contribution in [0.1, 0.15) is 18.5 Å². The van der Waals surface area contributed by atoms with Crippen molar-refractivity contribution in [2.75, 3.05) is 26.9 Å². The zero-order valence-corrected chi connectivity index (χ0v) is 12.2. The fourth-order valence-corrected chi connectivity index (χ4v) is 1.87. The molecule has 1 atom stereocenters. The number of nitrogens with one attached hydrogen (secondary N) is 1. The van der Waals surface area contributed by atoms with Crippen LogP contribution in [-0.2, 0) is 14.3 Å². The van der Waals surface area contributed by atoms with E-state index in [1.165, 1.54) is 0 Å². The Morgan fingerprint density at radius 2 is 2.22 bits per heavy atom. The van der Waals surface area contributed by atoms with Gasteiger partial charge in [-0.05, 0) is 24.6 Å². The molecule has 1 rings (SSSR count). The highest BCUT2D eigenvalue weighted by atomic mass is 79.9. The Hall–Kier alpha value is -0.910. The van der Waals surface area contributed by atoms with Crippen molar-refractivity contribution in [3.8, 4) is 0 Å². The summed E-state index contributed by atoms with van der Waals surface area (Å²) in [5, 5.41) is 2.87. The van der Waals surface area contributed by atoms with Crippen molar-refractivity contribution in [1.82, 2.24) is 5.32 Å². The Bertz CT molecular complexity index is 384. The molecule has 4 nitrogen and oxygen atoms in total. The summed E-state index contributed by atoms with van der Waals surface area (Å²) in [5.41, 5.74) is 1.05. The summed E-state index contributed by atoms with van der Waals surface area (Å²) in [4.78, 5) is 11.6. The maximum Gasteiger partial charge on any atom is 0.246 e. The number of carbonyl (C=O) groups excluding carboxylic acids is 1. The average Bonchev–Trinajstić information content (AvgIpc) is 2.34. The van der Waals surface area contributed by atoms with Gasteiger partial charge in [0.15, 0.2) is 0 Å². The van der Waals surface area contributed by atoms with Crippen LogP contribution in [0.3, 0.4) is 0 Å². The first-order valence-corrected chi connectivity index (χ1v) is 6.54. The van der Waals surface area contributed by atoms with E-state index < -0.39 is 0 Å². The molecular formula is C13H18BrNO3. The van der Waals surface area contributed by atoms with Crippen molar-refractivity contribution in [2.45, 2.75) is 13.0 Å². The molecule has 1 aromatic rings. The van der Waals surface area contributed by atoms with E-state index in [0.717, 1.165) is 10.0 Å². The number of benzene rings is 1. The molecule has 0 aliphatic rings. The van der Waals surface area contributed by atoms with Crippen LogP contribution in [0.4, 0.5) is 0 Å². The van der Waals surface area contributed by atoms with Crippen LogP contribution >= 0.6 is 15.9 Å². The molecule has 0 spiro atoms. The zero-order chi connectivity index (χ0) is 13.4. The fourth-order valence-electron chi connectivity index (χ4n) is 1.45. The number of rotatable bonds is 7. The van der Waals surface area contributed by atoms with E-state index in [0.29, 0.717) is 13.2 Å². The number of hydrogen-bond donors (Lipinski definition) is 1. The Labute approximate surface area is 116 Å². The minimum atomic E-state index is -0.126. The van der Waals surface area contributed by atoms with E-state index in [1.807, 2.05) is 31.2 Å². The van der Waals surface area contributed by atoms with Crippen molar-refractivity contribution >= 4 is 21.8 Å². The third-order valence-corrected chi connectivity index (χ3v) is 2.88. The van der Waals surface area contributed by atoms with E-state index >= 15 is 0 Å². The van der Waals surface area contributed by atoms with Gasteiger partial charge < -0.3 is 14.8 Å². The predicted octanol–water partition coefficient (Wildman–Crippen LogP) is 2.29. The van der Waals surface area contributed by atoms with Crippen LogP contribution in [0, 0.1) is 0 Å². The summed E-state index contributed by atoms with van der Waals surface area (Å²) in [6.45, 7) is 2.92. The highest BCUT2D eigenvalue weighted by molar-refractivity contribution is 9.10. The average molecular weight is 316 g/mol. The lowest BCUT2D eigenvalue weighted by molar-refractivity contribution is -0.126. The molecule has 0 aliphatic carbocycles. The van der Waals surface area contributed by atoms with Gasteiger partial charge in [0.1, 0.15) is 6.61 Å². The topological polar surface area (TPSA) is 47.6 Å². The molecule has 1 N–H and O–H groups in total. The van der Waals surface area contributed by atoms with E-state index in [4.69, 9.17) is 9.47 Å². The van der Waals surface area contributed by atoms with Gasteiger partial charge in [-0.15, -0.1) is 0 Å². The molecular weight excluding hydrogens is 298 g/mol. The summed E-state index contributed by atoms with van der Waals surface area (Å²) in [6, 6.07) is 7.81. The standard InChI is InChI=1S/C13H18BrNO3/c1-10(11-4-3-5-12(14)8-11)15-13(16)9-18-7-6-17-2/h3-5,8,10H,6-7,9H2,1-2H3,(H,15,16)/t10-/m0/s1. The van der Waals surface area contributed by atoms with Gasteiger partial charge in [-0.25, -0.2) is 0 Å². The van der Waals surface area contributed by atoms with Crippen LogP contribution in [0.25, 0.3) is 0 Å². The maximum absolute atomic E-state index is 11.6. The Balaban J connectivity index is 2.35. The van der Waals surface area contributed by atoms with Crippen LogP contribution in [-0.4, -0.2) is 32.8 Å². The molecule has 0 bridgehead atoms. The first kappa shape index (κ1) is 15.1. The number of methoxy groups -OCH3 is 1. The smallest absolute Gasteiger partial charge is 0.246 e. The predicted molar refractivity (Wildman–Crippen MR) is 73.4 cm³/mol. The molecule has 100 valence electrons. The first-order chi connectivity index (χ1) is 8.63. The van der Waals surface area contributed by atoms with Crippen molar-refractivity contribution in [3.05, 3.63) is 34.3 Å². The molecule has 0 fully saturated rings. The number of amides is 1. The van der Waals surface area contributed by atoms with E-state index in [9.17, 15) is 4.79 Å². The van der Waals surface area contributed by atoms with Gasteiger partial charge in [0.2, 0.25) is 5.91 Å². The summed E-state index contributed by atoms with van der Waals surface area (Å²) in [7, 11) is 1.60. The fraction of sp³-hybridized carbons (Fsp3) is 0.462. The van der Waals surface area contributed by atoms with Gasteiger partial charge in [0.25, 0.3) is 0 Å². The van der Waals surface area contributed by atoms with Crippen molar-refractivity contribution < 1.29 is 14.3 Å². The minimum absolute atomic E-state index is 0.0407. The molecule has 0 aromatic heterocycles. The highest BCUT2D eigenvalue weighted by Crippen LogP contribution is 2.17. The lowest BCUT2D eigenvalue weighted by Crippen LogP contribution is -2.30. The normalized spacial score (nSPS) is 12.2. The van der Waals surface area contributed by atoms with Gasteiger partial charge >= 0.3 is 0 Å². The largest absolute Gasteiger partial charge is 0.382 e. The molecule has 0 unspecified atom stereocenters. The summed E-state index contributed by atoms with van der Waals surface area (Å²) in [5.74, 6) is -0.126. The van der Waals surface area contributed by atoms with Crippen LogP contribution in [0.2, 0.25) is 0 Å². The maximum atomic E-state index is 11.6. The van der Waals surface area contributed by atoms with Gasteiger partial charge in [-0.3, -0.25) is 4.79 Å². The molecule has 0 saturated carbocycles. The molecule has 1 amide bonds. The third-order valence-electron chi connectivity index (χ3n) is 2.39. The van der Waals surface area contributed by atoms with Gasteiger partial charge in [-0.2, -0.15) is 0 Å². The highest BCUT2D eigenvalue weighted by Gasteiger charge is 2.09. The van der Waals surface area contributed by atoms with Crippen molar-refractivity contribution in [2.24, 2.45) is 0 Å². The quantitative estimate of drug-likeness (QED) is 0.785. The second-order valence-electron chi connectivity index (χ2n) is 3.89. The van der Waals surface area contributed by atoms with Crippen molar-refractivity contribution in [3.63, 3.8) is 0 Å². The van der Waals surface area contributed by atoms with Gasteiger partial charge in [0.05, 0.1) is 19.3 Å². The molecule has 0 radical (unpaired) electrons. The number of halogens is 1. The molecule has 0 aliphatic heterocycles. The van der Waals surface area contributed by atoms with Crippen LogP contribution < -0.4 is 5.32 Å². The van der Waals surface area contributed by atoms with E-state index in [2.05, 4.69) is 21.2 Å². The molecule has 5 heteroatoms. The first-order valence-electron chi connectivity index (χ1n) is 5.75. The van der Waals surface area contributed by atoms with Crippen LogP contribution in [0.15, 0.2) is 28.7 Å². The Morgan fingerprint density at radius 1 is 1.44 bits per heavy atom. The van der Waals surface area contributed by atoms with Gasteiger partial charge in [0, 0.05) is 11.6 Å². The summed E-state index contributed by atoms with van der Waals surface area (Å²) >= 11 is 3.40. The van der Waals surface area contributed by atoms with E-state index in [-0.39, 0.29) is 18.6 Å². The second kappa shape index (κ2) is 8.24. The lowest BCUT2D eigenvalue weighted by Gasteiger charge is -2.14. The Kier molecular flexibility index (Phi) is 6.93. The second-order valence-corrected chi connectivity index (χ2v) is 4.81. The summed E-state index contributed by atoms with van der Waals surface area (Å²) < 4.78 is 11.0. The van der Waals surface area contributed by atoms with Gasteiger partial charge in [-0.1, -0.05) is 28.1 Å². The number of hydrogen-bond acceptors (Lipinski definition) is 3. The SMILES string of the molecule is COCCOCC(=O)N[C@@H](C)c1cccc(Br)c1.